The quantitative estimate of drug-likeness (QED) is 0.573. The standard InChI is InChI=1S/C20H15N3OS/c1-13-9-10-16(15-8-5-11-21-18(13)15)22-19(24)17-12-25-20(23-17)14-6-3-2-4-7-14/h2-12H,1H3,(H,22,24). The Labute approximate surface area is 149 Å². The van der Waals surface area contributed by atoms with Crippen LogP contribution in [-0.4, -0.2) is 15.9 Å². The Morgan fingerprint density at radius 3 is 2.72 bits per heavy atom. The predicted octanol–water partition coefficient (Wildman–Crippen LogP) is 4.92. The second-order valence-corrected chi connectivity index (χ2v) is 6.55. The summed E-state index contributed by atoms with van der Waals surface area (Å²) in [6.45, 7) is 2.01. The van der Waals surface area contributed by atoms with Crippen LogP contribution in [0.1, 0.15) is 16.1 Å². The molecule has 4 nitrogen and oxygen atoms in total. The van der Waals surface area contributed by atoms with Crippen LogP contribution in [0.2, 0.25) is 0 Å². The molecule has 0 fully saturated rings. The number of hydrogen-bond acceptors (Lipinski definition) is 4. The second-order valence-electron chi connectivity index (χ2n) is 5.69. The fourth-order valence-electron chi connectivity index (χ4n) is 2.70. The minimum atomic E-state index is -0.215. The lowest BCUT2D eigenvalue weighted by molar-refractivity contribution is 0.102. The van der Waals surface area contributed by atoms with Crippen molar-refractivity contribution in [2.75, 3.05) is 5.32 Å². The second kappa shape index (κ2) is 6.45. The largest absolute Gasteiger partial charge is 0.320 e. The Hall–Kier alpha value is -3.05. The molecule has 2 aromatic heterocycles. The first kappa shape index (κ1) is 15.5. The van der Waals surface area contributed by atoms with Crippen molar-refractivity contribution in [2.24, 2.45) is 0 Å². The van der Waals surface area contributed by atoms with Gasteiger partial charge in [0, 0.05) is 22.5 Å². The van der Waals surface area contributed by atoms with Crippen LogP contribution >= 0.6 is 11.3 Å². The number of carbonyl (C=O) groups excluding carboxylic acids is 1. The van der Waals surface area contributed by atoms with Crippen molar-refractivity contribution in [3.05, 3.63) is 77.4 Å². The SMILES string of the molecule is Cc1ccc(NC(=O)c2csc(-c3ccccc3)n2)c2cccnc12. The molecule has 1 N–H and O–H groups in total. The summed E-state index contributed by atoms with van der Waals surface area (Å²) in [4.78, 5) is 21.5. The van der Waals surface area contributed by atoms with E-state index < -0.39 is 0 Å². The van der Waals surface area contributed by atoms with Gasteiger partial charge in [0.15, 0.2) is 0 Å². The number of thiazole rings is 1. The smallest absolute Gasteiger partial charge is 0.275 e. The number of rotatable bonds is 3. The zero-order valence-corrected chi connectivity index (χ0v) is 14.4. The van der Waals surface area contributed by atoms with Gasteiger partial charge in [0.2, 0.25) is 0 Å². The third kappa shape index (κ3) is 3.02. The van der Waals surface area contributed by atoms with E-state index in [0.29, 0.717) is 5.69 Å². The van der Waals surface area contributed by atoms with E-state index in [9.17, 15) is 4.79 Å². The first-order valence-corrected chi connectivity index (χ1v) is 8.77. The highest BCUT2D eigenvalue weighted by atomic mass is 32.1. The Bertz CT molecular complexity index is 1060. The molecule has 0 aliphatic heterocycles. The zero-order valence-electron chi connectivity index (χ0n) is 13.6. The third-order valence-electron chi connectivity index (χ3n) is 3.98. The number of hydrogen-bond donors (Lipinski definition) is 1. The number of aryl methyl sites for hydroxylation is 1. The van der Waals surface area contributed by atoms with Gasteiger partial charge < -0.3 is 5.32 Å². The zero-order chi connectivity index (χ0) is 17.2. The number of fused-ring (bicyclic) bond motifs is 1. The molecule has 25 heavy (non-hydrogen) atoms. The minimum Gasteiger partial charge on any atom is -0.320 e. The molecule has 0 unspecified atom stereocenters. The summed E-state index contributed by atoms with van der Waals surface area (Å²) in [5.41, 5.74) is 4.14. The Kier molecular flexibility index (Phi) is 3.99. The van der Waals surface area contributed by atoms with Crippen molar-refractivity contribution in [2.45, 2.75) is 6.92 Å². The lowest BCUT2D eigenvalue weighted by atomic mass is 10.1. The molecule has 2 heterocycles. The van der Waals surface area contributed by atoms with Crippen LogP contribution in [-0.2, 0) is 0 Å². The molecule has 2 aromatic carbocycles. The average molecular weight is 345 g/mol. The number of benzene rings is 2. The summed E-state index contributed by atoms with van der Waals surface area (Å²) in [6.07, 6.45) is 1.76. The number of amides is 1. The van der Waals surface area contributed by atoms with Crippen molar-refractivity contribution in [1.82, 2.24) is 9.97 Å². The molecule has 0 spiro atoms. The monoisotopic (exact) mass is 345 g/mol. The van der Waals surface area contributed by atoms with Gasteiger partial charge in [-0.05, 0) is 30.7 Å². The van der Waals surface area contributed by atoms with Gasteiger partial charge in [-0.25, -0.2) is 4.98 Å². The molecule has 122 valence electrons. The fraction of sp³-hybridized carbons (Fsp3) is 0.0500. The number of carbonyl (C=O) groups is 1. The van der Waals surface area contributed by atoms with E-state index in [4.69, 9.17) is 0 Å². The highest BCUT2D eigenvalue weighted by Crippen LogP contribution is 2.26. The van der Waals surface area contributed by atoms with Crippen LogP contribution in [0.3, 0.4) is 0 Å². The van der Waals surface area contributed by atoms with E-state index in [1.54, 1.807) is 11.6 Å². The van der Waals surface area contributed by atoms with Crippen LogP contribution in [0.25, 0.3) is 21.5 Å². The molecule has 0 aliphatic rings. The Morgan fingerprint density at radius 1 is 1.04 bits per heavy atom. The highest BCUT2D eigenvalue weighted by molar-refractivity contribution is 7.13. The molecule has 1 amide bonds. The summed E-state index contributed by atoms with van der Waals surface area (Å²) in [6, 6.07) is 17.5. The van der Waals surface area contributed by atoms with Gasteiger partial charge in [0.25, 0.3) is 5.91 Å². The van der Waals surface area contributed by atoms with Crippen LogP contribution in [0.4, 0.5) is 5.69 Å². The molecule has 5 heteroatoms. The molecule has 4 aromatic rings. The van der Waals surface area contributed by atoms with Gasteiger partial charge >= 0.3 is 0 Å². The summed E-state index contributed by atoms with van der Waals surface area (Å²) in [5.74, 6) is -0.215. The molecule has 4 rings (SSSR count). The topological polar surface area (TPSA) is 54.9 Å². The van der Waals surface area contributed by atoms with E-state index in [-0.39, 0.29) is 5.91 Å². The number of pyridine rings is 1. The van der Waals surface area contributed by atoms with Gasteiger partial charge in [-0.1, -0.05) is 36.4 Å². The van der Waals surface area contributed by atoms with Crippen LogP contribution in [0.15, 0.2) is 66.2 Å². The maximum atomic E-state index is 12.6. The number of nitrogens with one attached hydrogen (secondary N) is 1. The normalized spacial score (nSPS) is 10.8. The molecular formula is C20H15N3OS. The lowest BCUT2D eigenvalue weighted by Crippen LogP contribution is -2.12. The first-order chi connectivity index (χ1) is 12.2. The van der Waals surface area contributed by atoms with E-state index in [1.165, 1.54) is 11.3 Å². The molecular weight excluding hydrogens is 330 g/mol. The number of anilines is 1. The molecule has 0 radical (unpaired) electrons. The van der Waals surface area contributed by atoms with Crippen molar-refractivity contribution in [3.63, 3.8) is 0 Å². The van der Waals surface area contributed by atoms with Crippen molar-refractivity contribution >= 4 is 33.8 Å². The number of nitrogens with zero attached hydrogens (tertiary/aromatic N) is 2. The fourth-order valence-corrected chi connectivity index (χ4v) is 3.51. The number of aromatic nitrogens is 2. The maximum Gasteiger partial charge on any atom is 0.275 e. The van der Waals surface area contributed by atoms with E-state index in [2.05, 4.69) is 15.3 Å². The summed E-state index contributed by atoms with van der Waals surface area (Å²) in [5, 5.41) is 6.50. The van der Waals surface area contributed by atoms with Crippen LogP contribution in [0.5, 0.6) is 0 Å². The molecule has 0 aliphatic carbocycles. The first-order valence-electron chi connectivity index (χ1n) is 7.89. The lowest BCUT2D eigenvalue weighted by Gasteiger charge is -2.09. The minimum absolute atomic E-state index is 0.215. The Balaban J connectivity index is 1.63. The van der Waals surface area contributed by atoms with Crippen LogP contribution in [0, 0.1) is 6.92 Å². The summed E-state index contributed by atoms with van der Waals surface area (Å²) >= 11 is 1.46. The predicted molar refractivity (Wildman–Crippen MR) is 102 cm³/mol. The molecule has 0 saturated heterocycles. The average Bonchev–Trinajstić information content (AvgIpc) is 3.15. The van der Waals surface area contributed by atoms with Gasteiger partial charge in [0.1, 0.15) is 10.7 Å². The molecule has 0 saturated carbocycles. The van der Waals surface area contributed by atoms with Crippen molar-refractivity contribution in [1.29, 1.82) is 0 Å². The summed E-state index contributed by atoms with van der Waals surface area (Å²) in [7, 11) is 0. The molecule has 0 atom stereocenters. The maximum absolute atomic E-state index is 12.6. The van der Waals surface area contributed by atoms with E-state index in [0.717, 1.165) is 32.7 Å². The van der Waals surface area contributed by atoms with Gasteiger partial charge in [0.05, 0.1) is 11.2 Å². The molecule has 0 bridgehead atoms. The third-order valence-corrected chi connectivity index (χ3v) is 4.87. The van der Waals surface area contributed by atoms with E-state index in [1.807, 2.05) is 61.5 Å². The van der Waals surface area contributed by atoms with Crippen molar-refractivity contribution in [3.8, 4) is 10.6 Å². The van der Waals surface area contributed by atoms with Crippen molar-refractivity contribution < 1.29 is 4.79 Å². The highest BCUT2D eigenvalue weighted by Gasteiger charge is 2.14. The van der Waals surface area contributed by atoms with Gasteiger partial charge in [-0.2, -0.15) is 0 Å². The van der Waals surface area contributed by atoms with Gasteiger partial charge in [-0.15, -0.1) is 11.3 Å². The van der Waals surface area contributed by atoms with E-state index >= 15 is 0 Å². The Morgan fingerprint density at radius 2 is 1.88 bits per heavy atom. The summed E-state index contributed by atoms with van der Waals surface area (Å²) < 4.78 is 0. The van der Waals surface area contributed by atoms with Crippen LogP contribution < -0.4 is 5.32 Å². The van der Waals surface area contributed by atoms with Gasteiger partial charge in [-0.3, -0.25) is 9.78 Å².